The number of nitrogens with one attached hydrogen (secondary N) is 2. The minimum absolute atomic E-state index is 0.0291. The summed E-state index contributed by atoms with van der Waals surface area (Å²) in [6.45, 7) is 6.90. The van der Waals surface area contributed by atoms with Gasteiger partial charge in [-0.2, -0.15) is 0 Å². The Labute approximate surface area is 396 Å². The topological polar surface area (TPSA) is 303 Å². The Morgan fingerprint density at radius 1 is 0.926 bits per heavy atom. The van der Waals surface area contributed by atoms with E-state index in [4.69, 9.17) is 23.7 Å². The first-order valence-corrected chi connectivity index (χ1v) is 24.4. The van der Waals surface area contributed by atoms with E-state index in [1.54, 1.807) is 16.9 Å². The molecule has 2 aliphatic carbocycles. The lowest BCUT2D eigenvalue weighted by molar-refractivity contribution is -0.338. The lowest BCUT2D eigenvalue weighted by Crippen LogP contribution is -2.67. The zero-order valence-electron chi connectivity index (χ0n) is 39.5. The first-order chi connectivity index (χ1) is 32.6. The summed E-state index contributed by atoms with van der Waals surface area (Å²) in [6, 6.07) is 0.364. The summed E-state index contributed by atoms with van der Waals surface area (Å²) in [5.74, 6) is -3.29. The van der Waals surface area contributed by atoms with Gasteiger partial charge in [0.25, 0.3) is 5.91 Å². The summed E-state index contributed by atoms with van der Waals surface area (Å²) in [5, 5.41) is 78.3. The number of aromatic nitrogens is 4. The largest absolute Gasteiger partial charge is 0.479 e. The number of unbranched alkanes of at least 4 members (excludes halogenated alkanes) is 1. The van der Waals surface area contributed by atoms with Crippen molar-refractivity contribution in [3.05, 3.63) is 30.2 Å². The molecule has 2 saturated heterocycles. The van der Waals surface area contributed by atoms with Crippen LogP contribution in [-0.2, 0) is 44.6 Å². The quantitative estimate of drug-likeness (QED) is 0.0778. The molecule has 4 aliphatic rings. The highest BCUT2D eigenvalue weighted by atomic mass is 16.7. The van der Waals surface area contributed by atoms with Gasteiger partial charge in [0.05, 0.1) is 36.7 Å². The highest BCUT2D eigenvalue weighted by molar-refractivity contribution is 5.95. The molecule has 4 fully saturated rings. The lowest BCUT2D eigenvalue weighted by Gasteiger charge is -2.49. The van der Waals surface area contributed by atoms with E-state index >= 15 is 0 Å². The number of carboxylic acid groups (broad SMARTS) is 1. The maximum Gasteiger partial charge on any atom is 0.332 e. The number of pyridine rings is 1. The van der Waals surface area contributed by atoms with Crippen LogP contribution in [0.4, 0.5) is 0 Å². The van der Waals surface area contributed by atoms with E-state index in [-0.39, 0.29) is 43.4 Å². The van der Waals surface area contributed by atoms with Crippen LogP contribution < -0.4 is 10.6 Å². The second-order valence-electron chi connectivity index (χ2n) is 18.9. The van der Waals surface area contributed by atoms with Crippen molar-refractivity contribution in [1.82, 2.24) is 30.6 Å². The molecule has 2 amide bonds. The van der Waals surface area contributed by atoms with Crippen LogP contribution in [0.3, 0.4) is 0 Å². The molecule has 2 aromatic rings. The summed E-state index contributed by atoms with van der Waals surface area (Å²) >= 11 is 0. The minimum Gasteiger partial charge on any atom is -0.479 e. The van der Waals surface area contributed by atoms with Crippen molar-refractivity contribution >= 4 is 23.6 Å². The molecular formula is C47H72N6O15. The second kappa shape index (κ2) is 25.2. The van der Waals surface area contributed by atoms with E-state index in [2.05, 4.69) is 32.9 Å². The highest BCUT2D eigenvalue weighted by Crippen LogP contribution is 2.40. The maximum atomic E-state index is 14.1. The molecule has 68 heavy (non-hydrogen) atoms. The number of aliphatic carboxylic acids is 1. The van der Waals surface area contributed by atoms with Gasteiger partial charge in [-0.05, 0) is 56.9 Å². The summed E-state index contributed by atoms with van der Waals surface area (Å²) in [4.78, 5) is 57.0. The third-order valence-corrected chi connectivity index (χ3v) is 13.9. The van der Waals surface area contributed by atoms with E-state index in [1.165, 1.54) is 20.0 Å². The van der Waals surface area contributed by atoms with Crippen LogP contribution in [0.15, 0.2) is 24.7 Å². The molecular weight excluding hydrogens is 889 g/mol. The average molecular weight is 961 g/mol. The molecule has 2 aromatic heterocycles. The Morgan fingerprint density at radius 3 is 2.38 bits per heavy atom. The number of ether oxygens (including phenoxy) is 5. The predicted molar refractivity (Wildman–Crippen MR) is 240 cm³/mol. The number of nitrogens with zero attached hydrogens (tertiary/aromatic N) is 4. The number of amides is 2. The monoisotopic (exact) mass is 961 g/mol. The lowest BCUT2D eigenvalue weighted by atomic mass is 9.74. The van der Waals surface area contributed by atoms with Crippen molar-refractivity contribution < 1.29 is 73.5 Å². The maximum absolute atomic E-state index is 14.1. The molecule has 8 N–H and O–H groups in total. The number of hydrogen-bond donors (Lipinski definition) is 8. The number of hydrogen-bond acceptors (Lipinski definition) is 17. The Bertz CT molecular complexity index is 1950. The zero-order chi connectivity index (χ0) is 49.1. The second-order valence-corrected chi connectivity index (χ2v) is 18.9. The summed E-state index contributed by atoms with van der Waals surface area (Å²) < 4.78 is 33.1. The van der Waals surface area contributed by atoms with Gasteiger partial charge in [-0.25, -0.2) is 4.79 Å². The van der Waals surface area contributed by atoms with Gasteiger partial charge >= 0.3 is 5.97 Å². The van der Waals surface area contributed by atoms with Crippen LogP contribution in [0.1, 0.15) is 122 Å². The van der Waals surface area contributed by atoms with Gasteiger partial charge in [0.15, 0.2) is 18.7 Å². The van der Waals surface area contributed by atoms with Gasteiger partial charge in [-0.3, -0.25) is 24.0 Å². The number of carboxylic acids is 1. The molecule has 0 aromatic carbocycles. The number of rotatable bonds is 22. The number of carbonyl (C=O) groups excluding carboxylic acids is 3. The van der Waals surface area contributed by atoms with Crippen molar-refractivity contribution in [3.63, 3.8) is 0 Å². The minimum atomic E-state index is -1.67. The molecule has 6 unspecified atom stereocenters. The van der Waals surface area contributed by atoms with E-state index in [0.29, 0.717) is 36.1 Å². The van der Waals surface area contributed by atoms with Gasteiger partial charge in [-0.15, -0.1) is 5.10 Å². The fraction of sp³-hybridized carbons (Fsp3) is 0.766. The van der Waals surface area contributed by atoms with Gasteiger partial charge in [0.1, 0.15) is 54.1 Å². The molecule has 21 heteroatoms. The van der Waals surface area contributed by atoms with Crippen molar-refractivity contribution in [2.75, 3.05) is 13.2 Å². The number of aryl methyl sites for hydroxylation is 1. The SMILES string of the molecule is CCCCn1cc(-c2cncc(C(=O)NCCCC(=O)C3CC(CC)[C@@H](O[C@@H]4OC(C)[C@@H](O)[C@H](O)C4O)[C@H](O[C@@H]4O[C@@H](CO)[C@H](O)C(O[C@@H](CC5CCCCC5)C(=O)O)C4NC(C)=O)C3)c2)nn1. The number of ketones is 1. The standard InChI is InChI=1S/C47H72N6O15/c1-5-7-16-53-23-32(51-52-53)30-19-31(22-48-21-30)44(61)49-15-11-14-33(56)29-18-28(6-2)42(68-47-41(60)40(59)38(57)25(3)64-47)34(20-29)66-46-37(50-26(4)55)43(39(58)36(24-54)67-46)65-35(45(62)63)17-27-12-9-8-10-13-27/h19,21-23,25,27-29,34-43,46-47,54,57-60H,5-18,20,24H2,1-4H3,(H,49,61)(H,50,55)(H,62,63)/t25?,28?,29?,34-,35+,36+,37?,38-,39+,40+,41?,42-,43?,46-,47+/m1/s1. The van der Waals surface area contributed by atoms with E-state index in [9.17, 15) is 49.8 Å². The van der Waals surface area contributed by atoms with Gasteiger partial charge in [0, 0.05) is 50.3 Å². The molecule has 0 radical (unpaired) electrons. The van der Waals surface area contributed by atoms with Gasteiger partial charge in [-0.1, -0.05) is 64.0 Å². The first-order valence-electron chi connectivity index (χ1n) is 24.4. The Balaban J connectivity index is 1.19. The third kappa shape index (κ3) is 13.6. The van der Waals surface area contributed by atoms with E-state index in [1.807, 2.05) is 13.1 Å². The number of Topliss-reactive ketones (excluding diaryl/α,β-unsaturated/α-hetero) is 1. The number of aliphatic hydroxyl groups excluding tert-OH is 5. The van der Waals surface area contributed by atoms with Crippen LogP contribution in [0, 0.1) is 17.8 Å². The molecule has 2 aliphatic heterocycles. The van der Waals surface area contributed by atoms with Crippen molar-refractivity contribution in [1.29, 1.82) is 0 Å². The molecule has 2 saturated carbocycles. The molecule has 6 rings (SSSR count). The normalized spacial score (nSPS) is 32.8. The smallest absolute Gasteiger partial charge is 0.332 e. The van der Waals surface area contributed by atoms with Crippen LogP contribution in [0.2, 0.25) is 0 Å². The molecule has 0 spiro atoms. The van der Waals surface area contributed by atoms with Crippen LogP contribution >= 0.6 is 0 Å². The third-order valence-electron chi connectivity index (χ3n) is 13.9. The summed E-state index contributed by atoms with van der Waals surface area (Å²) in [5.41, 5.74) is 1.54. The predicted octanol–water partition coefficient (Wildman–Crippen LogP) is 1.65. The van der Waals surface area contributed by atoms with E-state index in [0.717, 1.165) is 51.5 Å². The Morgan fingerprint density at radius 2 is 1.69 bits per heavy atom. The van der Waals surface area contributed by atoms with Crippen LogP contribution in [-0.4, -0.2) is 167 Å². The average Bonchev–Trinajstić information content (AvgIpc) is 3.81. The van der Waals surface area contributed by atoms with Crippen LogP contribution in [0.5, 0.6) is 0 Å². The molecule has 380 valence electrons. The molecule has 21 nitrogen and oxygen atoms in total. The fourth-order valence-corrected chi connectivity index (χ4v) is 9.96. The number of carbonyl (C=O) groups is 4. The Hall–Kier alpha value is -4.03. The zero-order valence-corrected chi connectivity index (χ0v) is 39.5. The van der Waals surface area contributed by atoms with Crippen LogP contribution in [0.25, 0.3) is 11.3 Å². The van der Waals surface area contributed by atoms with Gasteiger partial charge < -0.3 is 65.0 Å². The number of aliphatic hydroxyl groups is 5. The molecule has 4 heterocycles. The summed E-state index contributed by atoms with van der Waals surface area (Å²) in [7, 11) is 0. The van der Waals surface area contributed by atoms with Crippen molar-refractivity contribution in [3.8, 4) is 11.3 Å². The summed E-state index contributed by atoms with van der Waals surface area (Å²) in [6.07, 6.45) is -3.46. The highest BCUT2D eigenvalue weighted by Gasteiger charge is 2.53. The first kappa shape index (κ1) is 53.3. The van der Waals surface area contributed by atoms with E-state index < -0.39 is 110 Å². The molecule has 0 bridgehead atoms. The molecule has 15 atom stereocenters. The van der Waals surface area contributed by atoms with Crippen molar-refractivity contribution in [2.24, 2.45) is 17.8 Å². The fourth-order valence-electron chi connectivity index (χ4n) is 9.96. The van der Waals surface area contributed by atoms with Gasteiger partial charge in [0.2, 0.25) is 5.91 Å². The Kier molecular flexibility index (Phi) is 19.8. The van der Waals surface area contributed by atoms with Crippen molar-refractivity contribution in [2.45, 2.75) is 197 Å².